The van der Waals surface area contributed by atoms with Crippen LogP contribution in [0.2, 0.25) is 5.02 Å². The number of non-ortho nitro benzene ring substituents is 1. The normalized spacial score (nSPS) is 12.2. The molecule has 204 valence electrons. The van der Waals surface area contributed by atoms with Crippen molar-refractivity contribution in [3.05, 3.63) is 98.8 Å². The average Bonchev–Trinajstić information content (AvgIpc) is 3.59. The fourth-order valence-corrected chi connectivity index (χ4v) is 5.46. The molecule has 0 fully saturated rings. The highest BCUT2D eigenvalue weighted by atomic mass is 35.5. The minimum absolute atomic E-state index is 0.0367. The van der Waals surface area contributed by atoms with Gasteiger partial charge in [0.25, 0.3) is 11.6 Å². The summed E-state index contributed by atoms with van der Waals surface area (Å²) in [6, 6.07) is 18.7. The number of para-hydroxylation sites is 3. The predicted molar refractivity (Wildman–Crippen MR) is 150 cm³/mol. The van der Waals surface area contributed by atoms with Crippen molar-refractivity contribution in [1.29, 1.82) is 0 Å². The Morgan fingerprint density at radius 2 is 1.85 bits per heavy atom. The molecule has 5 rings (SSSR count). The van der Waals surface area contributed by atoms with E-state index in [0.29, 0.717) is 29.0 Å². The van der Waals surface area contributed by atoms with E-state index in [1.54, 1.807) is 15.5 Å². The third-order valence-corrected chi connectivity index (χ3v) is 7.60. The molecule has 2 heterocycles. The molecule has 11 nitrogen and oxygen atoms in total. The minimum atomic E-state index is -0.611. The summed E-state index contributed by atoms with van der Waals surface area (Å²) < 4.78 is 7.25. The van der Waals surface area contributed by atoms with E-state index in [9.17, 15) is 19.7 Å². The number of carbonyl (C=O) groups excluding carboxylic acids is 2. The molecule has 0 bridgehead atoms. The van der Waals surface area contributed by atoms with Crippen molar-refractivity contribution in [3.63, 3.8) is 0 Å². The van der Waals surface area contributed by atoms with Crippen LogP contribution in [0.4, 0.5) is 11.4 Å². The lowest BCUT2D eigenvalue weighted by Gasteiger charge is -2.17. The molecular weight excluding hydrogens is 556 g/mol. The molecule has 0 saturated heterocycles. The number of nitrogens with zero attached hydrogens (tertiary/aromatic N) is 5. The van der Waals surface area contributed by atoms with Crippen LogP contribution in [0.15, 0.2) is 71.9 Å². The highest BCUT2D eigenvalue weighted by Gasteiger charge is 2.26. The number of amides is 2. The van der Waals surface area contributed by atoms with Crippen LogP contribution >= 0.6 is 23.4 Å². The van der Waals surface area contributed by atoms with Crippen molar-refractivity contribution in [2.75, 3.05) is 24.3 Å². The van der Waals surface area contributed by atoms with Gasteiger partial charge in [0.05, 0.1) is 40.6 Å². The first-order valence-electron chi connectivity index (χ1n) is 12.2. The van der Waals surface area contributed by atoms with E-state index < -0.39 is 10.8 Å². The van der Waals surface area contributed by atoms with Gasteiger partial charge in [0.2, 0.25) is 5.91 Å². The van der Waals surface area contributed by atoms with Gasteiger partial charge in [-0.25, -0.2) is 0 Å². The van der Waals surface area contributed by atoms with Crippen molar-refractivity contribution >= 4 is 46.6 Å². The molecule has 1 aromatic heterocycles. The molecule has 40 heavy (non-hydrogen) atoms. The zero-order valence-corrected chi connectivity index (χ0v) is 22.8. The van der Waals surface area contributed by atoms with Crippen molar-refractivity contribution in [3.8, 4) is 11.4 Å². The first-order valence-corrected chi connectivity index (χ1v) is 13.5. The van der Waals surface area contributed by atoms with E-state index in [2.05, 4.69) is 15.5 Å². The number of halogens is 1. The molecule has 1 aliphatic heterocycles. The van der Waals surface area contributed by atoms with Crippen molar-refractivity contribution < 1.29 is 19.2 Å². The van der Waals surface area contributed by atoms with Gasteiger partial charge in [0.15, 0.2) is 11.0 Å². The Morgan fingerprint density at radius 3 is 2.62 bits per heavy atom. The van der Waals surface area contributed by atoms with Crippen LogP contribution in [-0.2, 0) is 17.8 Å². The number of carbonyl (C=O) groups is 2. The molecule has 1 N–H and O–H groups in total. The molecule has 13 heteroatoms. The average molecular weight is 579 g/mol. The monoisotopic (exact) mass is 578 g/mol. The van der Waals surface area contributed by atoms with Gasteiger partial charge in [0.1, 0.15) is 5.75 Å². The fourth-order valence-electron chi connectivity index (χ4n) is 4.42. The number of hydrogen-bond donors (Lipinski definition) is 1. The van der Waals surface area contributed by atoms with Gasteiger partial charge in [-0.1, -0.05) is 53.7 Å². The first kappa shape index (κ1) is 27.2. The maximum atomic E-state index is 13.1. The van der Waals surface area contributed by atoms with Crippen LogP contribution in [-0.4, -0.2) is 50.9 Å². The molecule has 0 radical (unpaired) electrons. The first-order chi connectivity index (χ1) is 19.4. The van der Waals surface area contributed by atoms with Gasteiger partial charge < -0.3 is 15.0 Å². The van der Waals surface area contributed by atoms with E-state index in [1.165, 1.54) is 31.0 Å². The number of anilines is 1. The SMILES string of the molecule is COc1ccccc1-n1c(CNC(=O)c2cc([N+](=O)[O-])ccc2Cl)nnc1SCC(=O)N1CCc2ccccc21. The van der Waals surface area contributed by atoms with E-state index in [0.717, 1.165) is 23.7 Å². The zero-order valence-electron chi connectivity index (χ0n) is 21.2. The topological polar surface area (TPSA) is 132 Å². The standard InChI is InChI=1S/C27H23ClN6O5S/c1-39-23-9-5-4-8-22(23)33-24(15-29-26(36)19-14-18(34(37)38)10-11-20(19)28)30-31-27(33)40-16-25(35)32-13-12-17-6-2-3-7-21(17)32/h2-11,14H,12-13,15-16H2,1H3,(H,29,36). The minimum Gasteiger partial charge on any atom is -0.495 e. The second-order valence-corrected chi connectivity index (χ2v) is 10.1. The number of methoxy groups -OCH3 is 1. The largest absolute Gasteiger partial charge is 0.495 e. The van der Waals surface area contributed by atoms with Crippen LogP contribution in [0.25, 0.3) is 5.69 Å². The Kier molecular flexibility index (Phi) is 7.99. The Balaban J connectivity index is 1.39. The summed E-state index contributed by atoms with van der Waals surface area (Å²) in [4.78, 5) is 38.4. The lowest BCUT2D eigenvalue weighted by atomic mass is 10.2. The summed E-state index contributed by atoms with van der Waals surface area (Å²) in [5.74, 6) is 0.358. The molecule has 0 spiro atoms. The number of benzene rings is 3. The third kappa shape index (κ3) is 5.49. The Bertz CT molecular complexity index is 1610. The molecule has 0 aliphatic carbocycles. The van der Waals surface area contributed by atoms with Crippen LogP contribution in [0.3, 0.4) is 0 Å². The number of hydrogen-bond acceptors (Lipinski definition) is 8. The smallest absolute Gasteiger partial charge is 0.270 e. The van der Waals surface area contributed by atoms with Crippen LogP contribution < -0.4 is 15.0 Å². The number of fused-ring (bicyclic) bond motifs is 1. The van der Waals surface area contributed by atoms with Crippen LogP contribution in [0.5, 0.6) is 5.75 Å². The molecule has 2 amide bonds. The summed E-state index contributed by atoms with van der Waals surface area (Å²) in [5.41, 5.74) is 2.39. The Hall–Kier alpha value is -4.42. The van der Waals surface area contributed by atoms with Gasteiger partial charge in [-0.15, -0.1) is 10.2 Å². The Labute approximate surface area is 238 Å². The summed E-state index contributed by atoms with van der Waals surface area (Å²) in [7, 11) is 1.54. The number of rotatable bonds is 9. The molecule has 0 unspecified atom stereocenters. The molecule has 4 aromatic rings. The number of thioether (sulfide) groups is 1. The quantitative estimate of drug-likeness (QED) is 0.175. The summed E-state index contributed by atoms with van der Waals surface area (Å²) in [5, 5.41) is 22.9. The lowest BCUT2D eigenvalue weighted by molar-refractivity contribution is -0.384. The number of nitrogens with one attached hydrogen (secondary N) is 1. The van der Waals surface area contributed by atoms with Gasteiger partial charge in [-0.05, 0) is 36.2 Å². The molecule has 1 aliphatic rings. The molecule has 0 saturated carbocycles. The maximum Gasteiger partial charge on any atom is 0.270 e. The van der Waals surface area contributed by atoms with E-state index in [4.69, 9.17) is 16.3 Å². The maximum absolute atomic E-state index is 13.1. The van der Waals surface area contributed by atoms with E-state index in [1.807, 2.05) is 42.5 Å². The Morgan fingerprint density at radius 1 is 1.10 bits per heavy atom. The van der Waals surface area contributed by atoms with Crippen LogP contribution in [0.1, 0.15) is 21.7 Å². The summed E-state index contributed by atoms with van der Waals surface area (Å²) in [6.07, 6.45) is 0.808. The highest BCUT2D eigenvalue weighted by molar-refractivity contribution is 7.99. The van der Waals surface area contributed by atoms with Crippen LogP contribution in [0, 0.1) is 10.1 Å². The predicted octanol–water partition coefficient (Wildman–Crippen LogP) is 4.45. The number of aromatic nitrogens is 3. The third-order valence-electron chi connectivity index (χ3n) is 6.35. The van der Waals surface area contributed by atoms with Crippen molar-refractivity contribution in [2.45, 2.75) is 18.1 Å². The highest BCUT2D eigenvalue weighted by Crippen LogP contribution is 2.31. The second kappa shape index (κ2) is 11.8. The molecule has 0 atom stereocenters. The zero-order chi connectivity index (χ0) is 28.2. The van der Waals surface area contributed by atoms with Crippen molar-refractivity contribution in [2.24, 2.45) is 0 Å². The fraction of sp³-hybridized carbons (Fsp3) is 0.185. The summed E-state index contributed by atoms with van der Waals surface area (Å²) >= 11 is 7.36. The van der Waals surface area contributed by atoms with Gasteiger partial charge >= 0.3 is 0 Å². The number of nitro groups is 1. The number of ether oxygens (including phenoxy) is 1. The second-order valence-electron chi connectivity index (χ2n) is 8.72. The molecular formula is C27H23ClN6O5S. The number of nitro benzene ring substituents is 1. The summed E-state index contributed by atoms with van der Waals surface area (Å²) in [6.45, 7) is 0.548. The van der Waals surface area contributed by atoms with Crippen molar-refractivity contribution in [1.82, 2.24) is 20.1 Å². The van der Waals surface area contributed by atoms with E-state index >= 15 is 0 Å². The van der Waals surface area contributed by atoms with Gasteiger partial charge in [0, 0.05) is 24.4 Å². The van der Waals surface area contributed by atoms with E-state index in [-0.39, 0.29) is 34.5 Å². The van der Waals surface area contributed by atoms with Gasteiger partial charge in [-0.3, -0.25) is 24.3 Å². The van der Waals surface area contributed by atoms with Gasteiger partial charge in [-0.2, -0.15) is 0 Å². The lowest BCUT2D eigenvalue weighted by Crippen LogP contribution is -2.30. The molecule has 3 aromatic carbocycles.